The molecular weight excluding hydrogens is 374 g/mol. The lowest BCUT2D eigenvalue weighted by Gasteiger charge is -2.35. The maximum Gasteiger partial charge on any atom is 0.223 e. The number of aryl methyl sites for hydroxylation is 1. The van der Waals surface area contributed by atoms with E-state index < -0.39 is 0 Å². The number of piperidine rings is 1. The van der Waals surface area contributed by atoms with Crippen LogP contribution in [0.25, 0.3) is 11.0 Å². The topological polar surface area (TPSA) is 38.1 Å². The van der Waals surface area contributed by atoms with Crippen LogP contribution in [0.4, 0.5) is 0 Å². The molecule has 0 aliphatic carbocycles. The number of fused-ring (bicyclic) bond motifs is 1. The van der Waals surface area contributed by atoms with E-state index in [4.69, 9.17) is 4.98 Å². The van der Waals surface area contributed by atoms with Crippen molar-refractivity contribution in [1.29, 1.82) is 0 Å². The second-order valence-electron chi connectivity index (χ2n) is 7.69. The quantitative estimate of drug-likeness (QED) is 0.482. The van der Waals surface area contributed by atoms with Crippen LogP contribution in [0.15, 0.2) is 24.3 Å². The van der Waals surface area contributed by atoms with Crippen molar-refractivity contribution in [2.24, 2.45) is 7.05 Å². The fourth-order valence-corrected chi connectivity index (χ4v) is 7.34. The number of carbonyl (C=O) groups is 1. The zero-order valence-electron chi connectivity index (χ0n) is 16.1. The number of likely N-dealkylation sites (tertiary alicyclic amines) is 1. The summed E-state index contributed by atoms with van der Waals surface area (Å²) >= 11 is 0. The van der Waals surface area contributed by atoms with E-state index in [0.717, 1.165) is 47.9 Å². The minimum Gasteiger partial charge on any atom is -0.333 e. The Bertz CT molecular complexity index is 785. The molecule has 2 atom stereocenters. The predicted octanol–water partition coefficient (Wildman–Crippen LogP) is 5.34. The number of hydrogen-bond acceptors (Lipinski definition) is 4. The fourth-order valence-electron chi connectivity index (χ4n) is 4.32. The van der Waals surface area contributed by atoms with Gasteiger partial charge in [0.25, 0.3) is 0 Å². The number of amides is 1. The average Bonchev–Trinajstić information content (AvgIpc) is 3.33. The van der Waals surface area contributed by atoms with Crippen LogP contribution in [0.5, 0.6) is 0 Å². The SMILES string of the molecule is Cn1c(C2CCCCN2C(=O)CCCCC2CCSS2)nc2ccccc21. The lowest BCUT2D eigenvalue weighted by molar-refractivity contribution is -0.135. The van der Waals surface area contributed by atoms with Gasteiger partial charge in [-0.05, 0) is 50.7 Å². The molecule has 2 aliphatic heterocycles. The Balaban J connectivity index is 1.40. The van der Waals surface area contributed by atoms with Crippen LogP contribution in [-0.2, 0) is 11.8 Å². The van der Waals surface area contributed by atoms with Crippen molar-refractivity contribution in [3.8, 4) is 0 Å². The molecule has 6 heteroatoms. The second kappa shape index (κ2) is 8.91. The van der Waals surface area contributed by atoms with Gasteiger partial charge in [-0.1, -0.05) is 40.1 Å². The second-order valence-corrected chi connectivity index (χ2v) is 10.5. The molecule has 27 heavy (non-hydrogen) atoms. The normalized spacial score (nSPS) is 23.2. The number of benzene rings is 1. The van der Waals surface area contributed by atoms with E-state index in [9.17, 15) is 4.79 Å². The Kier molecular flexibility index (Phi) is 6.33. The predicted molar refractivity (Wildman–Crippen MR) is 116 cm³/mol. The summed E-state index contributed by atoms with van der Waals surface area (Å²) < 4.78 is 2.18. The van der Waals surface area contributed by atoms with Crippen molar-refractivity contribution in [1.82, 2.24) is 14.5 Å². The maximum absolute atomic E-state index is 13.0. The minimum absolute atomic E-state index is 0.130. The first kappa shape index (κ1) is 19.2. The highest BCUT2D eigenvalue weighted by Crippen LogP contribution is 2.40. The first-order chi connectivity index (χ1) is 13.2. The molecule has 2 saturated heterocycles. The molecule has 4 rings (SSSR count). The van der Waals surface area contributed by atoms with Crippen molar-refractivity contribution in [2.75, 3.05) is 12.3 Å². The van der Waals surface area contributed by atoms with Gasteiger partial charge in [-0.15, -0.1) is 0 Å². The molecule has 146 valence electrons. The largest absolute Gasteiger partial charge is 0.333 e. The molecular formula is C21H29N3OS2. The number of aromatic nitrogens is 2. The summed E-state index contributed by atoms with van der Waals surface area (Å²) in [5.74, 6) is 2.66. The number of rotatable bonds is 6. The monoisotopic (exact) mass is 403 g/mol. The molecule has 1 aromatic heterocycles. The average molecular weight is 404 g/mol. The van der Waals surface area contributed by atoms with Crippen LogP contribution in [0.3, 0.4) is 0 Å². The molecule has 0 radical (unpaired) electrons. The fraction of sp³-hybridized carbons (Fsp3) is 0.619. The molecule has 0 bridgehead atoms. The Morgan fingerprint density at radius 3 is 2.93 bits per heavy atom. The number of nitrogens with zero attached hydrogens (tertiary/aromatic N) is 3. The van der Waals surface area contributed by atoms with Gasteiger partial charge in [0.05, 0.1) is 17.1 Å². The Morgan fingerprint density at radius 1 is 1.22 bits per heavy atom. The first-order valence-corrected chi connectivity index (χ1v) is 12.6. The van der Waals surface area contributed by atoms with E-state index in [1.165, 1.54) is 31.4 Å². The summed E-state index contributed by atoms with van der Waals surface area (Å²) in [6.45, 7) is 0.877. The summed E-state index contributed by atoms with van der Waals surface area (Å²) in [4.78, 5) is 20.0. The van der Waals surface area contributed by atoms with Crippen LogP contribution in [-0.4, -0.2) is 37.9 Å². The van der Waals surface area contributed by atoms with Crippen molar-refractivity contribution in [2.45, 2.75) is 62.7 Å². The molecule has 0 N–H and O–H groups in total. The van der Waals surface area contributed by atoms with Gasteiger partial charge in [0.1, 0.15) is 5.82 Å². The highest BCUT2D eigenvalue weighted by Gasteiger charge is 2.31. The molecule has 1 amide bonds. The molecule has 2 fully saturated rings. The minimum atomic E-state index is 0.130. The molecule has 3 heterocycles. The van der Waals surface area contributed by atoms with Crippen LogP contribution >= 0.6 is 21.6 Å². The summed E-state index contributed by atoms with van der Waals surface area (Å²) in [6, 6.07) is 8.39. The summed E-state index contributed by atoms with van der Waals surface area (Å²) in [5, 5.41) is 0.813. The van der Waals surface area contributed by atoms with Crippen molar-refractivity contribution in [3.05, 3.63) is 30.1 Å². The lowest BCUT2D eigenvalue weighted by Crippen LogP contribution is -2.39. The standard InChI is InChI=1S/C21H29N3OS2/c1-23-18-10-4-3-9-17(18)22-21(23)19-11-6-7-14-24(19)20(25)12-5-2-8-16-13-15-26-27-16/h3-4,9-10,16,19H,2,5-8,11-15H2,1H3. The van der Waals surface area contributed by atoms with E-state index in [1.807, 2.05) is 27.7 Å². The van der Waals surface area contributed by atoms with Crippen molar-refractivity contribution >= 4 is 38.5 Å². The van der Waals surface area contributed by atoms with Gasteiger partial charge in [-0.3, -0.25) is 4.79 Å². The Morgan fingerprint density at radius 2 is 2.11 bits per heavy atom. The van der Waals surface area contributed by atoms with Gasteiger partial charge in [-0.2, -0.15) is 0 Å². The van der Waals surface area contributed by atoms with Gasteiger partial charge in [0, 0.05) is 31.0 Å². The van der Waals surface area contributed by atoms with E-state index >= 15 is 0 Å². The van der Waals surface area contributed by atoms with Crippen molar-refractivity contribution in [3.63, 3.8) is 0 Å². The van der Waals surface area contributed by atoms with Gasteiger partial charge in [0.2, 0.25) is 5.91 Å². The molecule has 2 aliphatic rings. The van der Waals surface area contributed by atoms with Crippen LogP contribution in [0, 0.1) is 0 Å². The van der Waals surface area contributed by atoms with Gasteiger partial charge >= 0.3 is 0 Å². The van der Waals surface area contributed by atoms with Crippen LogP contribution < -0.4 is 0 Å². The van der Waals surface area contributed by atoms with Gasteiger partial charge < -0.3 is 9.47 Å². The Labute approximate surface area is 169 Å². The molecule has 0 spiro atoms. The molecule has 1 aromatic carbocycles. The zero-order valence-corrected chi connectivity index (χ0v) is 17.7. The van der Waals surface area contributed by atoms with Gasteiger partial charge in [-0.25, -0.2) is 4.98 Å². The number of carbonyl (C=O) groups excluding carboxylic acids is 1. The third-order valence-electron chi connectivity index (χ3n) is 5.84. The number of para-hydroxylation sites is 2. The van der Waals surface area contributed by atoms with Gasteiger partial charge in [0.15, 0.2) is 0 Å². The molecule has 2 aromatic rings. The van der Waals surface area contributed by atoms with E-state index in [1.54, 1.807) is 0 Å². The zero-order chi connectivity index (χ0) is 18.6. The smallest absolute Gasteiger partial charge is 0.223 e. The Hall–Kier alpha value is -1.14. The maximum atomic E-state index is 13.0. The van der Waals surface area contributed by atoms with E-state index in [2.05, 4.69) is 34.7 Å². The third kappa shape index (κ3) is 4.32. The molecule has 4 nitrogen and oxygen atoms in total. The third-order valence-corrected chi connectivity index (χ3v) is 8.84. The summed E-state index contributed by atoms with van der Waals surface area (Å²) in [5.41, 5.74) is 2.18. The summed E-state index contributed by atoms with van der Waals surface area (Å²) in [6.07, 6.45) is 8.80. The first-order valence-electron chi connectivity index (χ1n) is 10.2. The van der Waals surface area contributed by atoms with E-state index in [0.29, 0.717) is 12.3 Å². The van der Waals surface area contributed by atoms with Crippen molar-refractivity contribution < 1.29 is 4.79 Å². The lowest BCUT2D eigenvalue weighted by atomic mass is 10.00. The highest BCUT2D eigenvalue weighted by molar-refractivity contribution is 8.77. The number of imidazole rings is 1. The highest BCUT2D eigenvalue weighted by atomic mass is 33.1. The van der Waals surface area contributed by atoms with E-state index in [-0.39, 0.29) is 6.04 Å². The molecule has 0 saturated carbocycles. The van der Waals surface area contributed by atoms with Crippen LogP contribution in [0.1, 0.15) is 63.2 Å². The summed E-state index contributed by atoms with van der Waals surface area (Å²) in [7, 11) is 6.13. The number of unbranched alkanes of at least 4 members (excludes halogenated alkanes) is 1. The number of hydrogen-bond donors (Lipinski definition) is 0. The molecule has 2 unspecified atom stereocenters. The van der Waals surface area contributed by atoms with Crippen LogP contribution in [0.2, 0.25) is 0 Å².